The number of carbonyl (C=O) groups excluding carboxylic acids is 2. The van der Waals surface area contributed by atoms with Gasteiger partial charge in [0.25, 0.3) is 11.8 Å². The third-order valence-electron chi connectivity index (χ3n) is 3.89. The summed E-state index contributed by atoms with van der Waals surface area (Å²) in [4.78, 5) is 28.9. The number of anilines is 1. The van der Waals surface area contributed by atoms with Gasteiger partial charge in [-0.3, -0.25) is 9.59 Å². The maximum atomic E-state index is 12.5. The van der Waals surface area contributed by atoms with Crippen molar-refractivity contribution in [2.45, 2.75) is 34.1 Å². The van der Waals surface area contributed by atoms with Crippen LogP contribution in [0.4, 0.5) is 5.69 Å². The van der Waals surface area contributed by atoms with Gasteiger partial charge < -0.3 is 10.6 Å². The Bertz CT molecular complexity index is 795. The van der Waals surface area contributed by atoms with Crippen LogP contribution >= 0.6 is 11.6 Å². The molecule has 1 heterocycles. The van der Waals surface area contributed by atoms with Gasteiger partial charge in [-0.25, -0.2) is 4.98 Å². The molecule has 2 aromatic rings. The second-order valence-corrected chi connectivity index (χ2v) is 7.15. The van der Waals surface area contributed by atoms with E-state index < -0.39 is 5.91 Å². The lowest BCUT2D eigenvalue weighted by molar-refractivity contribution is 0.0947. The van der Waals surface area contributed by atoms with Crippen LogP contribution in [0.15, 0.2) is 30.3 Å². The van der Waals surface area contributed by atoms with Gasteiger partial charge in [-0.2, -0.15) is 0 Å². The Labute approximate surface area is 159 Å². The predicted octanol–water partition coefficient (Wildman–Crippen LogP) is 4.38. The molecule has 0 unspecified atom stereocenters. The Morgan fingerprint density at radius 1 is 1.12 bits per heavy atom. The molecule has 0 saturated carbocycles. The van der Waals surface area contributed by atoms with Crippen molar-refractivity contribution in [3.05, 3.63) is 57.9 Å². The zero-order chi connectivity index (χ0) is 19.3. The highest BCUT2D eigenvalue weighted by Gasteiger charge is 2.15. The van der Waals surface area contributed by atoms with Crippen molar-refractivity contribution >= 4 is 29.1 Å². The molecular weight excluding hydrogens is 350 g/mol. The topological polar surface area (TPSA) is 71.1 Å². The SMILES string of the molecule is Cc1cc(C)c(NC(=O)c2cccc(C(=O)NCCC(C)C)n2)c(Cl)c1. The molecule has 0 aliphatic carbocycles. The smallest absolute Gasteiger partial charge is 0.274 e. The Morgan fingerprint density at radius 2 is 1.77 bits per heavy atom. The third-order valence-corrected chi connectivity index (χ3v) is 4.19. The van der Waals surface area contributed by atoms with Gasteiger partial charge in [-0.15, -0.1) is 0 Å². The average molecular weight is 374 g/mol. The maximum absolute atomic E-state index is 12.5. The van der Waals surface area contributed by atoms with Gasteiger partial charge in [0.2, 0.25) is 0 Å². The molecule has 0 bridgehead atoms. The fraction of sp³-hybridized carbons (Fsp3) is 0.350. The first-order valence-electron chi connectivity index (χ1n) is 8.61. The molecule has 0 aliphatic heterocycles. The van der Waals surface area contributed by atoms with Crippen molar-refractivity contribution in [1.82, 2.24) is 10.3 Å². The normalized spacial score (nSPS) is 10.7. The number of halogens is 1. The van der Waals surface area contributed by atoms with Gasteiger partial charge in [0.15, 0.2) is 0 Å². The summed E-state index contributed by atoms with van der Waals surface area (Å²) in [5, 5.41) is 6.07. The lowest BCUT2D eigenvalue weighted by Crippen LogP contribution is -2.27. The van der Waals surface area contributed by atoms with Crippen LogP contribution in [0.25, 0.3) is 0 Å². The molecule has 0 atom stereocenters. The molecule has 0 saturated heterocycles. The first-order valence-corrected chi connectivity index (χ1v) is 8.99. The summed E-state index contributed by atoms with van der Waals surface area (Å²) in [7, 11) is 0. The molecule has 0 spiro atoms. The van der Waals surface area contributed by atoms with Crippen LogP contribution in [0.1, 0.15) is 52.4 Å². The molecule has 6 heteroatoms. The summed E-state index contributed by atoms with van der Waals surface area (Å²) in [6.45, 7) is 8.57. The van der Waals surface area contributed by atoms with Crippen LogP contribution in [0.3, 0.4) is 0 Å². The minimum atomic E-state index is -0.407. The van der Waals surface area contributed by atoms with E-state index >= 15 is 0 Å². The summed E-state index contributed by atoms with van der Waals surface area (Å²) in [5.74, 6) is -0.191. The summed E-state index contributed by atoms with van der Waals surface area (Å²) in [5.41, 5.74) is 2.82. The van der Waals surface area contributed by atoms with E-state index in [4.69, 9.17) is 11.6 Å². The number of nitrogens with one attached hydrogen (secondary N) is 2. The van der Waals surface area contributed by atoms with Crippen LogP contribution in [-0.4, -0.2) is 23.3 Å². The van der Waals surface area contributed by atoms with Gasteiger partial charge in [0.05, 0.1) is 10.7 Å². The number of benzene rings is 1. The minimum Gasteiger partial charge on any atom is -0.351 e. The van der Waals surface area contributed by atoms with E-state index in [1.54, 1.807) is 24.3 Å². The highest BCUT2D eigenvalue weighted by Crippen LogP contribution is 2.27. The van der Waals surface area contributed by atoms with E-state index in [2.05, 4.69) is 29.5 Å². The summed E-state index contributed by atoms with van der Waals surface area (Å²) >= 11 is 6.23. The van der Waals surface area contributed by atoms with Crippen molar-refractivity contribution in [3.63, 3.8) is 0 Å². The number of aromatic nitrogens is 1. The maximum Gasteiger partial charge on any atom is 0.274 e. The molecule has 2 rings (SSSR count). The van der Waals surface area contributed by atoms with Gasteiger partial charge in [-0.1, -0.05) is 37.6 Å². The Kier molecular flexibility index (Phi) is 6.75. The highest BCUT2D eigenvalue weighted by molar-refractivity contribution is 6.34. The van der Waals surface area contributed by atoms with E-state index in [9.17, 15) is 9.59 Å². The quantitative estimate of drug-likeness (QED) is 0.789. The first kappa shape index (κ1) is 19.9. The molecule has 2 amide bonds. The molecule has 5 nitrogen and oxygen atoms in total. The Hall–Kier alpha value is -2.40. The number of amides is 2. The van der Waals surface area contributed by atoms with Crippen LogP contribution in [0.2, 0.25) is 5.02 Å². The number of nitrogens with zero attached hydrogens (tertiary/aromatic N) is 1. The van der Waals surface area contributed by atoms with Crippen molar-refractivity contribution in [2.24, 2.45) is 5.92 Å². The molecule has 1 aromatic carbocycles. The zero-order valence-electron chi connectivity index (χ0n) is 15.5. The van der Waals surface area contributed by atoms with Crippen LogP contribution in [0.5, 0.6) is 0 Å². The molecule has 138 valence electrons. The van der Waals surface area contributed by atoms with Crippen molar-refractivity contribution in [1.29, 1.82) is 0 Å². The standard InChI is InChI=1S/C20H24ClN3O2/c1-12(2)8-9-22-19(25)16-6-5-7-17(23-16)20(26)24-18-14(4)10-13(3)11-15(18)21/h5-7,10-12H,8-9H2,1-4H3,(H,22,25)(H,24,26). The molecular formula is C20H24ClN3O2. The molecule has 2 N–H and O–H groups in total. The monoisotopic (exact) mass is 373 g/mol. The fourth-order valence-electron chi connectivity index (χ4n) is 2.50. The first-order chi connectivity index (χ1) is 12.3. The molecule has 0 radical (unpaired) electrons. The van der Waals surface area contributed by atoms with Gasteiger partial charge >= 0.3 is 0 Å². The number of hydrogen-bond acceptors (Lipinski definition) is 3. The average Bonchev–Trinajstić information content (AvgIpc) is 2.57. The van der Waals surface area contributed by atoms with Gasteiger partial charge in [0.1, 0.15) is 11.4 Å². The number of carbonyl (C=O) groups is 2. The van der Waals surface area contributed by atoms with Crippen LogP contribution < -0.4 is 10.6 Å². The van der Waals surface area contributed by atoms with E-state index in [1.165, 1.54) is 0 Å². The van der Waals surface area contributed by atoms with Crippen LogP contribution in [0, 0.1) is 19.8 Å². The fourth-order valence-corrected chi connectivity index (χ4v) is 2.87. The van der Waals surface area contributed by atoms with E-state index in [0.717, 1.165) is 17.5 Å². The number of aryl methyl sites for hydroxylation is 2. The summed E-state index contributed by atoms with van der Waals surface area (Å²) in [6, 6.07) is 8.52. The molecule has 26 heavy (non-hydrogen) atoms. The number of rotatable bonds is 6. The van der Waals surface area contributed by atoms with E-state index in [0.29, 0.717) is 23.2 Å². The largest absolute Gasteiger partial charge is 0.351 e. The highest BCUT2D eigenvalue weighted by atomic mass is 35.5. The van der Waals surface area contributed by atoms with Crippen molar-refractivity contribution in [3.8, 4) is 0 Å². The predicted molar refractivity (Wildman–Crippen MR) is 105 cm³/mol. The molecule has 1 aromatic heterocycles. The van der Waals surface area contributed by atoms with Gasteiger partial charge in [0, 0.05) is 6.54 Å². The second-order valence-electron chi connectivity index (χ2n) is 6.74. The Morgan fingerprint density at radius 3 is 2.38 bits per heavy atom. The molecule has 0 aliphatic rings. The zero-order valence-corrected chi connectivity index (χ0v) is 16.3. The van der Waals surface area contributed by atoms with Crippen molar-refractivity contribution < 1.29 is 9.59 Å². The summed E-state index contributed by atoms with van der Waals surface area (Å²) < 4.78 is 0. The van der Waals surface area contributed by atoms with E-state index in [-0.39, 0.29) is 17.3 Å². The number of pyridine rings is 1. The van der Waals surface area contributed by atoms with Crippen LogP contribution in [-0.2, 0) is 0 Å². The van der Waals surface area contributed by atoms with Crippen molar-refractivity contribution in [2.75, 3.05) is 11.9 Å². The van der Waals surface area contributed by atoms with Gasteiger partial charge in [-0.05, 0) is 55.5 Å². The second kappa shape index (κ2) is 8.81. The molecule has 0 fully saturated rings. The lowest BCUT2D eigenvalue weighted by Gasteiger charge is -2.12. The number of hydrogen-bond donors (Lipinski definition) is 2. The minimum absolute atomic E-state index is 0.164. The third kappa shape index (κ3) is 5.30. The summed E-state index contributed by atoms with van der Waals surface area (Å²) in [6.07, 6.45) is 0.886. The lowest BCUT2D eigenvalue weighted by atomic mass is 10.1. The van der Waals surface area contributed by atoms with E-state index in [1.807, 2.05) is 19.9 Å². The Balaban J connectivity index is 2.12.